The van der Waals surface area contributed by atoms with Crippen LogP contribution < -0.4 is 10.6 Å². The van der Waals surface area contributed by atoms with Crippen molar-refractivity contribution in [1.82, 2.24) is 25.1 Å². The average Bonchev–Trinajstić information content (AvgIpc) is 2.79. The molecule has 0 aliphatic heterocycles. The minimum Gasteiger partial charge on any atom is -0.332 e. The zero-order valence-corrected chi connectivity index (χ0v) is 12.7. The van der Waals surface area contributed by atoms with Crippen molar-refractivity contribution >= 4 is 23.4 Å². The number of carbonyl (C=O) groups is 1. The second-order valence-electron chi connectivity index (χ2n) is 4.53. The molecular weight excluding hydrogens is 292 g/mol. The lowest BCUT2D eigenvalue weighted by molar-refractivity contribution is 0.251. The predicted octanol–water partition coefficient (Wildman–Crippen LogP) is 2.14. The summed E-state index contributed by atoms with van der Waals surface area (Å²) in [7, 11) is 1.79. The van der Waals surface area contributed by atoms with Gasteiger partial charge in [0.2, 0.25) is 0 Å². The highest BCUT2D eigenvalue weighted by atomic mass is 35.5. The van der Waals surface area contributed by atoms with Gasteiger partial charge in [0, 0.05) is 13.1 Å². The molecular formula is C13H17ClN6O. The van der Waals surface area contributed by atoms with Gasteiger partial charge in [-0.3, -0.25) is 15.0 Å². The molecule has 0 aliphatic carbocycles. The number of hydrogen-bond donors (Lipinski definition) is 2. The van der Waals surface area contributed by atoms with Crippen LogP contribution in [0.25, 0.3) is 0 Å². The summed E-state index contributed by atoms with van der Waals surface area (Å²) in [6.45, 7) is 2.36. The first-order valence-corrected chi connectivity index (χ1v) is 7.00. The Morgan fingerprint density at radius 1 is 1.33 bits per heavy atom. The lowest BCUT2D eigenvalue weighted by Gasteiger charge is -2.06. The Labute approximate surface area is 127 Å². The van der Waals surface area contributed by atoms with Crippen molar-refractivity contribution in [2.24, 2.45) is 7.05 Å². The second kappa shape index (κ2) is 7.03. The number of rotatable bonds is 5. The molecule has 2 aromatic heterocycles. The maximum Gasteiger partial charge on any atom is 0.320 e. The Morgan fingerprint density at radius 2 is 2.14 bits per heavy atom. The number of halogens is 1. The third-order valence-corrected chi connectivity index (χ3v) is 2.98. The van der Waals surface area contributed by atoms with Crippen LogP contribution in [0.1, 0.15) is 24.7 Å². The highest BCUT2D eigenvalue weighted by Crippen LogP contribution is 2.10. The van der Waals surface area contributed by atoms with Crippen LogP contribution in [0.3, 0.4) is 0 Å². The maximum atomic E-state index is 11.8. The van der Waals surface area contributed by atoms with E-state index >= 15 is 0 Å². The SMILES string of the molecule is CCCc1cc(NC(=O)NCc2cnc(Cl)cn2)n(C)n1. The Balaban J connectivity index is 1.88. The van der Waals surface area contributed by atoms with Crippen LogP contribution in [-0.4, -0.2) is 25.8 Å². The lowest BCUT2D eigenvalue weighted by Crippen LogP contribution is -2.29. The van der Waals surface area contributed by atoms with E-state index in [9.17, 15) is 4.79 Å². The van der Waals surface area contributed by atoms with E-state index in [0.717, 1.165) is 18.5 Å². The van der Waals surface area contributed by atoms with Gasteiger partial charge in [0.25, 0.3) is 0 Å². The molecule has 0 bridgehead atoms. The molecule has 0 aromatic carbocycles. The molecule has 0 unspecified atom stereocenters. The van der Waals surface area contributed by atoms with Gasteiger partial charge in [0.1, 0.15) is 11.0 Å². The fourth-order valence-electron chi connectivity index (χ4n) is 1.78. The Hall–Kier alpha value is -2.15. The number of anilines is 1. The Morgan fingerprint density at radius 3 is 2.81 bits per heavy atom. The number of hydrogen-bond acceptors (Lipinski definition) is 4. The summed E-state index contributed by atoms with van der Waals surface area (Å²) >= 11 is 5.64. The third-order valence-electron chi connectivity index (χ3n) is 2.78. The van der Waals surface area contributed by atoms with Crippen LogP contribution in [0.15, 0.2) is 18.5 Å². The summed E-state index contributed by atoms with van der Waals surface area (Å²) in [6.07, 6.45) is 4.86. The van der Waals surface area contributed by atoms with Crippen LogP contribution >= 0.6 is 11.6 Å². The first-order chi connectivity index (χ1) is 10.1. The minimum atomic E-state index is -0.321. The predicted molar refractivity (Wildman–Crippen MR) is 80.1 cm³/mol. The standard InChI is InChI=1S/C13H17ClN6O/c1-3-4-9-5-12(20(2)19-9)18-13(21)17-7-10-6-16-11(14)8-15-10/h5-6,8H,3-4,7H2,1-2H3,(H2,17,18,21). The smallest absolute Gasteiger partial charge is 0.320 e. The van der Waals surface area contributed by atoms with Gasteiger partial charge in [-0.05, 0) is 6.42 Å². The quantitative estimate of drug-likeness (QED) is 0.886. The number of carbonyl (C=O) groups excluding carboxylic acids is 1. The highest BCUT2D eigenvalue weighted by Gasteiger charge is 2.08. The molecule has 2 N–H and O–H groups in total. The van der Waals surface area contributed by atoms with Crippen LogP contribution in [0.4, 0.5) is 10.6 Å². The molecule has 21 heavy (non-hydrogen) atoms. The van der Waals surface area contributed by atoms with E-state index in [1.54, 1.807) is 11.7 Å². The number of amides is 2. The molecule has 8 heteroatoms. The number of nitrogens with one attached hydrogen (secondary N) is 2. The monoisotopic (exact) mass is 308 g/mol. The van der Waals surface area contributed by atoms with Crippen molar-refractivity contribution in [2.75, 3.05) is 5.32 Å². The average molecular weight is 309 g/mol. The number of aryl methyl sites for hydroxylation is 2. The number of nitrogens with zero attached hydrogens (tertiary/aromatic N) is 4. The maximum absolute atomic E-state index is 11.8. The van der Waals surface area contributed by atoms with Crippen molar-refractivity contribution in [3.8, 4) is 0 Å². The van der Waals surface area contributed by atoms with Gasteiger partial charge in [-0.15, -0.1) is 0 Å². The molecule has 0 aliphatic rings. The topological polar surface area (TPSA) is 84.7 Å². The summed E-state index contributed by atoms with van der Waals surface area (Å²) in [4.78, 5) is 19.8. The molecule has 0 fully saturated rings. The van der Waals surface area contributed by atoms with Crippen LogP contribution in [0.5, 0.6) is 0 Å². The lowest BCUT2D eigenvalue weighted by atomic mass is 10.2. The molecule has 2 aromatic rings. The number of aromatic nitrogens is 4. The van der Waals surface area contributed by atoms with Crippen molar-refractivity contribution < 1.29 is 4.79 Å². The van der Waals surface area contributed by atoms with E-state index in [1.165, 1.54) is 12.4 Å². The fraction of sp³-hybridized carbons (Fsp3) is 0.385. The molecule has 0 atom stereocenters. The van der Waals surface area contributed by atoms with Crippen molar-refractivity contribution in [3.05, 3.63) is 35.0 Å². The molecule has 2 heterocycles. The van der Waals surface area contributed by atoms with E-state index in [2.05, 4.69) is 32.6 Å². The summed E-state index contributed by atoms with van der Waals surface area (Å²) < 4.78 is 1.65. The Kier molecular flexibility index (Phi) is 5.10. The number of urea groups is 1. The van der Waals surface area contributed by atoms with Gasteiger partial charge in [0.15, 0.2) is 0 Å². The molecule has 2 rings (SSSR count). The van der Waals surface area contributed by atoms with Gasteiger partial charge in [-0.25, -0.2) is 9.78 Å². The molecule has 0 radical (unpaired) electrons. The van der Waals surface area contributed by atoms with E-state index in [4.69, 9.17) is 11.6 Å². The molecule has 0 saturated carbocycles. The van der Waals surface area contributed by atoms with Crippen molar-refractivity contribution in [3.63, 3.8) is 0 Å². The minimum absolute atomic E-state index is 0.273. The zero-order valence-electron chi connectivity index (χ0n) is 11.9. The molecule has 2 amide bonds. The third kappa shape index (κ3) is 4.42. The van der Waals surface area contributed by atoms with E-state index < -0.39 is 0 Å². The van der Waals surface area contributed by atoms with E-state index in [1.807, 2.05) is 6.07 Å². The summed E-state index contributed by atoms with van der Waals surface area (Å²) in [6, 6.07) is 1.54. The summed E-state index contributed by atoms with van der Waals surface area (Å²) in [5, 5.41) is 10.1. The van der Waals surface area contributed by atoms with Gasteiger partial charge in [-0.1, -0.05) is 24.9 Å². The Bertz CT molecular complexity index is 610. The molecule has 0 saturated heterocycles. The van der Waals surface area contributed by atoms with Gasteiger partial charge >= 0.3 is 6.03 Å². The summed E-state index contributed by atoms with van der Waals surface area (Å²) in [5.74, 6) is 0.651. The van der Waals surface area contributed by atoms with Crippen molar-refractivity contribution in [2.45, 2.75) is 26.3 Å². The van der Waals surface area contributed by atoms with E-state index in [-0.39, 0.29) is 12.6 Å². The fourth-order valence-corrected chi connectivity index (χ4v) is 1.88. The first kappa shape index (κ1) is 15.2. The van der Waals surface area contributed by atoms with Gasteiger partial charge < -0.3 is 5.32 Å². The summed E-state index contributed by atoms with van der Waals surface area (Å²) in [5.41, 5.74) is 1.59. The van der Waals surface area contributed by atoms with Crippen LogP contribution in [0, 0.1) is 0 Å². The van der Waals surface area contributed by atoms with Crippen LogP contribution in [-0.2, 0) is 20.0 Å². The van der Waals surface area contributed by atoms with Gasteiger partial charge in [-0.2, -0.15) is 5.10 Å². The van der Waals surface area contributed by atoms with E-state index in [0.29, 0.717) is 16.7 Å². The normalized spacial score (nSPS) is 10.4. The largest absolute Gasteiger partial charge is 0.332 e. The second-order valence-corrected chi connectivity index (χ2v) is 4.92. The van der Waals surface area contributed by atoms with Gasteiger partial charge in [0.05, 0.1) is 30.3 Å². The van der Waals surface area contributed by atoms with Crippen LogP contribution in [0.2, 0.25) is 5.15 Å². The first-order valence-electron chi connectivity index (χ1n) is 6.62. The molecule has 112 valence electrons. The molecule has 0 spiro atoms. The van der Waals surface area contributed by atoms with Crippen molar-refractivity contribution in [1.29, 1.82) is 0 Å². The molecule has 7 nitrogen and oxygen atoms in total. The highest BCUT2D eigenvalue weighted by molar-refractivity contribution is 6.29. The zero-order chi connectivity index (χ0) is 15.2.